The van der Waals surface area contributed by atoms with Crippen LogP contribution in [-0.4, -0.2) is 25.8 Å². The van der Waals surface area contributed by atoms with Crippen LogP contribution in [0.3, 0.4) is 0 Å². The van der Waals surface area contributed by atoms with Crippen LogP contribution in [0, 0.1) is 0 Å². The predicted octanol–water partition coefficient (Wildman–Crippen LogP) is 4.31. The van der Waals surface area contributed by atoms with Crippen LogP contribution in [-0.2, 0) is 9.53 Å². The van der Waals surface area contributed by atoms with Crippen molar-refractivity contribution in [1.29, 1.82) is 0 Å². The van der Waals surface area contributed by atoms with Gasteiger partial charge < -0.3 is 23.4 Å². The smallest absolute Gasteiger partial charge is 0.347 e. The first kappa shape index (κ1) is 20.3. The molecule has 0 bridgehead atoms. The summed E-state index contributed by atoms with van der Waals surface area (Å²) in [6, 6.07) is 11.6. The lowest BCUT2D eigenvalue weighted by molar-refractivity contribution is -0.151. The molecule has 1 unspecified atom stereocenters. The molecule has 1 heterocycles. The number of benzene rings is 2. The molecule has 0 fully saturated rings. The van der Waals surface area contributed by atoms with E-state index in [1.54, 1.807) is 56.5 Å². The van der Waals surface area contributed by atoms with E-state index in [1.165, 1.54) is 6.26 Å². The van der Waals surface area contributed by atoms with Crippen molar-refractivity contribution in [2.75, 3.05) is 13.7 Å². The van der Waals surface area contributed by atoms with E-state index in [0.29, 0.717) is 34.6 Å². The molecule has 0 saturated carbocycles. The molecule has 3 rings (SSSR count). The average molecular weight is 398 g/mol. The van der Waals surface area contributed by atoms with Crippen LogP contribution >= 0.6 is 0 Å². The SMILES string of the molecule is CCOC(=O)C(CC)Oc1ccc2c(=O)c(Oc3ccc(OC)cc3)coc2c1. The van der Waals surface area contributed by atoms with Crippen molar-refractivity contribution in [3.05, 3.63) is 59.0 Å². The summed E-state index contributed by atoms with van der Waals surface area (Å²) in [7, 11) is 1.57. The molecule has 7 heteroatoms. The van der Waals surface area contributed by atoms with Gasteiger partial charge >= 0.3 is 5.97 Å². The molecule has 29 heavy (non-hydrogen) atoms. The number of hydrogen-bond donors (Lipinski definition) is 0. The maximum Gasteiger partial charge on any atom is 0.347 e. The van der Waals surface area contributed by atoms with Gasteiger partial charge in [0.25, 0.3) is 0 Å². The van der Waals surface area contributed by atoms with Crippen LogP contribution in [0.2, 0.25) is 0 Å². The Bertz CT molecular complexity index is 1040. The Balaban J connectivity index is 1.83. The molecular formula is C22H22O7. The molecule has 0 aliphatic carbocycles. The van der Waals surface area contributed by atoms with Crippen LogP contribution < -0.4 is 19.6 Å². The van der Waals surface area contributed by atoms with E-state index >= 15 is 0 Å². The zero-order valence-electron chi connectivity index (χ0n) is 16.5. The Morgan fingerprint density at radius 1 is 1.03 bits per heavy atom. The van der Waals surface area contributed by atoms with Crippen LogP contribution in [0.25, 0.3) is 11.0 Å². The van der Waals surface area contributed by atoms with Gasteiger partial charge in [0, 0.05) is 6.07 Å². The van der Waals surface area contributed by atoms with Crippen LogP contribution in [0.1, 0.15) is 20.3 Å². The zero-order valence-corrected chi connectivity index (χ0v) is 16.5. The highest BCUT2D eigenvalue weighted by Gasteiger charge is 2.20. The van der Waals surface area contributed by atoms with Gasteiger partial charge in [0.05, 0.1) is 19.1 Å². The number of carbonyl (C=O) groups is 1. The van der Waals surface area contributed by atoms with Crippen molar-refractivity contribution in [1.82, 2.24) is 0 Å². The van der Waals surface area contributed by atoms with E-state index in [0.717, 1.165) is 0 Å². The van der Waals surface area contributed by atoms with Crippen molar-refractivity contribution >= 4 is 16.9 Å². The lowest BCUT2D eigenvalue weighted by atomic mass is 10.2. The standard InChI is InChI=1S/C22H22O7/c1-4-18(22(24)26-5-2)29-16-10-11-17-19(12-16)27-13-20(21(17)23)28-15-8-6-14(25-3)7-9-15/h6-13,18H,4-5H2,1-3H3. The summed E-state index contributed by atoms with van der Waals surface area (Å²) in [5.41, 5.74) is 0.0133. The first-order valence-corrected chi connectivity index (χ1v) is 9.26. The quantitative estimate of drug-likeness (QED) is 0.523. The molecular weight excluding hydrogens is 376 g/mol. The minimum atomic E-state index is -0.725. The van der Waals surface area contributed by atoms with Gasteiger partial charge in [-0.25, -0.2) is 4.79 Å². The van der Waals surface area contributed by atoms with Crippen molar-refractivity contribution < 1.29 is 28.2 Å². The van der Waals surface area contributed by atoms with Crippen LogP contribution in [0.5, 0.6) is 23.0 Å². The molecule has 3 aromatic rings. The summed E-state index contributed by atoms with van der Waals surface area (Å²) < 4.78 is 27.0. The Morgan fingerprint density at radius 2 is 1.72 bits per heavy atom. The molecule has 0 saturated heterocycles. The van der Waals surface area contributed by atoms with Gasteiger partial charge in [0.1, 0.15) is 29.1 Å². The zero-order chi connectivity index (χ0) is 20.8. The van der Waals surface area contributed by atoms with E-state index < -0.39 is 12.1 Å². The fourth-order valence-corrected chi connectivity index (χ4v) is 2.70. The maximum atomic E-state index is 12.7. The second-order valence-electron chi connectivity index (χ2n) is 6.13. The second-order valence-corrected chi connectivity index (χ2v) is 6.13. The minimum absolute atomic E-state index is 0.0642. The Kier molecular flexibility index (Phi) is 6.39. The van der Waals surface area contributed by atoms with E-state index in [1.807, 2.05) is 6.92 Å². The average Bonchev–Trinajstić information content (AvgIpc) is 2.74. The van der Waals surface area contributed by atoms with Crippen molar-refractivity contribution in [3.8, 4) is 23.0 Å². The lowest BCUT2D eigenvalue weighted by Crippen LogP contribution is -2.28. The molecule has 0 N–H and O–H groups in total. The monoisotopic (exact) mass is 398 g/mol. The number of ether oxygens (including phenoxy) is 4. The summed E-state index contributed by atoms with van der Waals surface area (Å²) in [4.78, 5) is 24.6. The summed E-state index contributed by atoms with van der Waals surface area (Å²) in [6.07, 6.45) is 0.980. The molecule has 152 valence electrons. The summed E-state index contributed by atoms with van der Waals surface area (Å²) in [5, 5.41) is 0.340. The molecule has 1 atom stereocenters. The third-order valence-electron chi connectivity index (χ3n) is 4.20. The summed E-state index contributed by atoms with van der Waals surface area (Å²) in [5.74, 6) is 1.21. The van der Waals surface area contributed by atoms with Crippen molar-refractivity contribution in [2.45, 2.75) is 26.4 Å². The normalized spacial score (nSPS) is 11.7. The van der Waals surface area contributed by atoms with Crippen molar-refractivity contribution in [3.63, 3.8) is 0 Å². The third kappa shape index (κ3) is 4.68. The number of hydrogen-bond acceptors (Lipinski definition) is 7. The predicted molar refractivity (Wildman–Crippen MR) is 107 cm³/mol. The molecule has 1 aromatic heterocycles. The molecule has 2 aromatic carbocycles. The number of esters is 1. The Hall–Kier alpha value is -3.48. The van der Waals surface area contributed by atoms with E-state index in [2.05, 4.69) is 0 Å². The van der Waals surface area contributed by atoms with E-state index in [9.17, 15) is 9.59 Å². The molecule has 7 nitrogen and oxygen atoms in total. The second kappa shape index (κ2) is 9.14. The number of methoxy groups -OCH3 is 1. The fourth-order valence-electron chi connectivity index (χ4n) is 2.70. The van der Waals surface area contributed by atoms with Gasteiger partial charge in [-0.15, -0.1) is 0 Å². The van der Waals surface area contributed by atoms with Crippen molar-refractivity contribution in [2.24, 2.45) is 0 Å². The van der Waals surface area contributed by atoms with Gasteiger partial charge in [-0.1, -0.05) is 6.92 Å². The van der Waals surface area contributed by atoms with Gasteiger partial charge in [-0.2, -0.15) is 0 Å². The minimum Gasteiger partial charge on any atom is -0.497 e. The Morgan fingerprint density at radius 3 is 2.38 bits per heavy atom. The van der Waals surface area contributed by atoms with E-state index in [-0.39, 0.29) is 17.8 Å². The highest BCUT2D eigenvalue weighted by molar-refractivity contribution is 5.79. The van der Waals surface area contributed by atoms with Crippen LogP contribution in [0.4, 0.5) is 0 Å². The number of carbonyl (C=O) groups excluding carboxylic acids is 1. The number of fused-ring (bicyclic) bond motifs is 1. The van der Waals surface area contributed by atoms with Gasteiger partial charge in [-0.3, -0.25) is 4.79 Å². The first-order chi connectivity index (χ1) is 14.0. The van der Waals surface area contributed by atoms with Gasteiger partial charge in [0.2, 0.25) is 11.2 Å². The molecule has 0 amide bonds. The highest BCUT2D eigenvalue weighted by Crippen LogP contribution is 2.26. The largest absolute Gasteiger partial charge is 0.497 e. The third-order valence-corrected chi connectivity index (χ3v) is 4.20. The van der Waals surface area contributed by atoms with Gasteiger partial charge in [-0.05, 0) is 49.7 Å². The first-order valence-electron chi connectivity index (χ1n) is 9.26. The number of rotatable bonds is 8. The molecule has 0 radical (unpaired) electrons. The summed E-state index contributed by atoms with van der Waals surface area (Å²) >= 11 is 0. The molecule has 0 spiro atoms. The molecule has 0 aliphatic heterocycles. The Labute approximate surface area is 167 Å². The molecule has 0 aliphatic rings. The van der Waals surface area contributed by atoms with Gasteiger partial charge in [0.15, 0.2) is 6.10 Å². The topological polar surface area (TPSA) is 84.2 Å². The highest BCUT2D eigenvalue weighted by atomic mass is 16.6. The van der Waals surface area contributed by atoms with E-state index in [4.69, 9.17) is 23.4 Å². The summed E-state index contributed by atoms with van der Waals surface area (Å²) in [6.45, 7) is 3.84. The lowest BCUT2D eigenvalue weighted by Gasteiger charge is -2.16. The fraction of sp³-hybridized carbons (Fsp3) is 0.273. The maximum absolute atomic E-state index is 12.7. The van der Waals surface area contributed by atoms with Crippen LogP contribution in [0.15, 0.2) is 57.9 Å².